The molecule has 68 valence electrons. The fourth-order valence-electron chi connectivity index (χ4n) is 1.57. The average molecular weight is 200 g/mol. The zero-order valence-corrected chi connectivity index (χ0v) is 8.25. The first-order valence-corrected chi connectivity index (χ1v) is 5.37. The van der Waals surface area contributed by atoms with Crippen LogP contribution in [0.1, 0.15) is 0 Å². The van der Waals surface area contributed by atoms with Crippen molar-refractivity contribution in [1.82, 2.24) is 0 Å². The lowest BCUT2D eigenvalue weighted by Gasteiger charge is -1.96. The van der Waals surface area contributed by atoms with Gasteiger partial charge in [-0.1, -0.05) is 6.07 Å². The number of hydrogen-bond donors (Lipinski definition) is 0. The summed E-state index contributed by atoms with van der Waals surface area (Å²) in [4.78, 5) is 0. The Morgan fingerprint density at radius 2 is 2.00 bits per heavy atom. The van der Waals surface area contributed by atoms with Crippen molar-refractivity contribution in [3.05, 3.63) is 47.4 Å². The summed E-state index contributed by atoms with van der Waals surface area (Å²) >= 11 is 1.72. The quantitative estimate of drug-likeness (QED) is 0.574. The maximum absolute atomic E-state index is 5.29. The van der Waals surface area contributed by atoms with E-state index < -0.39 is 0 Å². The lowest BCUT2D eigenvalue weighted by Crippen LogP contribution is -1.71. The summed E-state index contributed by atoms with van der Waals surface area (Å²) in [7, 11) is 0. The Kier molecular flexibility index (Phi) is 1.67. The Labute approximate surface area is 85.6 Å². The Balaban J connectivity index is 2.23. The molecule has 0 atom stereocenters. The molecule has 3 rings (SSSR count). The summed E-state index contributed by atoms with van der Waals surface area (Å²) in [6, 6.07) is 10.4. The van der Waals surface area contributed by atoms with Gasteiger partial charge in [-0.25, -0.2) is 0 Å². The van der Waals surface area contributed by atoms with Crippen LogP contribution in [0.4, 0.5) is 0 Å². The van der Waals surface area contributed by atoms with E-state index in [1.807, 2.05) is 12.1 Å². The summed E-state index contributed by atoms with van der Waals surface area (Å²) in [6.07, 6.45) is 1.72. The standard InChI is InChI=1S/C12H8OS/c1-2-12-10(3-5-13-12)7-9(1)11-4-6-14-8-11/h1-8H. The van der Waals surface area contributed by atoms with E-state index in [9.17, 15) is 0 Å². The molecule has 0 aliphatic carbocycles. The maximum atomic E-state index is 5.29. The molecule has 0 aliphatic rings. The molecular weight excluding hydrogens is 192 g/mol. The Hall–Kier alpha value is -1.54. The predicted molar refractivity (Wildman–Crippen MR) is 59.5 cm³/mol. The van der Waals surface area contributed by atoms with E-state index in [4.69, 9.17) is 4.42 Å². The Bertz CT molecular complexity index is 548. The largest absolute Gasteiger partial charge is 0.464 e. The molecule has 0 aliphatic heterocycles. The highest BCUT2D eigenvalue weighted by Crippen LogP contribution is 2.26. The van der Waals surface area contributed by atoms with Gasteiger partial charge in [0.2, 0.25) is 0 Å². The Morgan fingerprint density at radius 1 is 1.00 bits per heavy atom. The van der Waals surface area contributed by atoms with Crippen LogP contribution in [0.3, 0.4) is 0 Å². The van der Waals surface area contributed by atoms with E-state index in [1.54, 1.807) is 17.6 Å². The van der Waals surface area contributed by atoms with Gasteiger partial charge in [0, 0.05) is 5.39 Å². The van der Waals surface area contributed by atoms with Gasteiger partial charge in [0.25, 0.3) is 0 Å². The Morgan fingerprint density at radius 3 is 2.86 bits per heavy atom. The summed E-state index contributed by atoms with van der Waals surface area (Å²) in [5.74, 6) is 0. The van der Waals surface area contributed by atoms with Gasteiger partial charge < -0.3 is 4.42 Å². The van der Waals surface area contributed by atoms with Crippen molar-refractivity contribution in [2.24, 2.45) is 0 Å². The van der Waals surface area contributed by atoms with Crippen LogP contribution in [-0.4, -0.2) is 0 Å². The van der Waals surface area contributed by atoms with Crippen molar-refractivity contribution in [1.29, 1.82) is 0 Å². The zero-order chi connectivity index (χ0) is 9.38. The monoisotopic (exact) mass is 200 g/mol. The summed E-state index contributed by atoms with van der Waals surface area (Å²) < 4.78 is 5.29. The summed E-state index contributed by atoms with van der Waals surface area (Å²) in [5.41, 5.74) is 3.47. The van der Waals surface area contributed by atoms with Gasteiger partial charge in [-0.3, -0.25) is 0 Å². The molecule has 2 heteroatoms. The van der Waals surface area contributed by atoms with E-state index in [2.05, 4.69) is 29.0 Å². The van der Waals surface area contributed by atoms with Crippen LogP contribution in [0.25, 0.3) is 22.1 Å². The van der Waals surface area contributed by atoms with Gasteiger partial charge in [-0.15, -0.1) is 0 Å². The van der Waals surface area contributed by atoms with Gasteiger partial charge in [0.1, 0.15) is 5.58 Å². The average Bonchev–Trinajstić information content (AvgIpc) is 2.88. The third-order valence-corrected chi connectivity index (χ3v) is 2.99. The van der Waals surface area contributed by atoms with E-state index in [1.165, 1.54) is 11.1 Å². The van der Waals surface area contributed by atoms with Crippen LogP contribution in [0.5, 0.6) is 0 Å². The lowest BCUT2D eigenvalue weighted by atomic mass is 10.1. The smallest absolute Gasteiger partial charge is 0.133 e. The molecule has 1 aromatic carbocycles. The minimum atomic E-state index is 0.948. The number of thiophene rings is 1. The number of fused-ring (bicyclic) bond motifs is 1. The molecule has 0 unspecified atom stereocenters. The summed E-state index contributed by atoms with van der Waals surface area (Å²) in [5, 5.41) is 5.41. The fourth-order valence-corrected chi connectivity index (χ4v) is 2.24. The van der Waals surface area contributed by atoms with Crippen LogP contribution in [0.15, 0.2) is 51.8 Å². The second-order valence-corrected chi connectivity index (χ2v) is 3.97. The van der Waals surface area contributed by atoms with Crippen LogP contribution >= 0.6 is 11.3 Å². The molecule has 0 saturated carbocycles. The number of benzene rings is 1. The molecule has 2 heterocycles. The molecule has 0 N–H and O–H groups in total. The molecule has 0 saturated heterocycles. The third-order valence-electron chi connectivity index (χ3n) is 2.31. The van der Waals surface area contributed by atoms with Crippen molar-refractivity contribution >= 4 is 22.3 Å². The first-order valence-electron chi connectivity index (χ1n) is 4.43. The van der Waals surface area contributed by atoms with Gasteiger partial charge >= 0.3 is 0 Å². The van der Waals surface area contributed by atoms with E-state index in [0.29, 0.717) is 0 Å². The van der Waals surface area contributed by atoms with Crippen molar-refractivity contribution < 1.29 is 4.42 Å². The predicted octanol–water partition coefficient (Wildman–Crippen LogP) is 4.16. The van der Waals surface area contributed by atoms with E-state index in [0.717, 1.165) is 11.0 Å². The number of rotatable bonds is 1. The molecule has 3 aromatic rings. The third kappa shape index (κ3) is 1.16. The fraction of sp³-hybridized carbons (Fsp3) is 0. The van der Waals surface area contributed by atoms with Crippen LogP contribution in [0, 0.1) is 0 Å². The second-order valence-electron chi connectivity index (χ2n) is 3.19. The zero-order valence-electron chi connectivity index (χ0n) is 7.44. The highest BCUT2D eigenvalue weighted by atomic mass is 32.1. The summed E-state index contributed by atoms with van der Waals surface area (Å²) in [6.45, 7) is 0. The van der Waals surface area contributed by atoms with Gasteiger partial charge in [-0.05, 0) is 46.2 Å². The van der Waals surface area contributed by atoms with Crippen molar-refractivity contribution in [3.63, 3.8) is 0 Å². The second kappa shape index (κ2) is 3.00. The first kappa shape index (κ1) is 7.83. The highest BCUT2D eigenvalue weighted by molar-refractivity contribution is 7.08. The molecule has 2 aromatic heterocycles. The highest BCUT2D eigenvalue weighted by Gasteiger charge is 2.00. The molecule has 0 bridgehead atoms. The van der Waals surface area contributed by atoms with Gasteiger partial charge in [0.05, 0.1) is 6.26 Å². The van der Waals surface area contributed by atoms with Gasteiger partial charge in [-0.2, -0.15) is 11.3 Å². The maximum Gasteiger partial charge on any atom is 0.133 e. The normalized spacial score (nSPS) is 10.9. The van der Waals surface area contributed by atoms with Crippen molar-refractivity contribution in [2.75, 3.05) is 0 Å². The SMILES string of the molecule is c1cc2cc(-c3ccsc3)ccc2o1. The van der Waals surface area contributed by atoms with E-state index >= 15 is 0 Å². The minimum absolute atomic E-state index is 0.948. The molecule has 0 radical (unpaired) electrons. The molecular formula is C12H8OS. The minimum Gasteiger partial charge on any atom is -0.464 e. The van der Waals surface area contributed by atoms with E-state index in [-0.39, 0.29) is 0 Å². The molecule has 1 nitrogen and oxygen atoms in total. The van der Waals surface area contributed by atoms with Crippen LogP contribution < -0.4 is 0 Å². The lowest BCUT2D eigenvalue weighted by molar-refractivity contribution is 0.616. The van der Waals surface area contributed by atoms with Crippen molar-refractivity contribution in [2.45, 2.75) is 0 Å². The van der Waals surface area contributed by atoms with Crippen LogP contribution in [0.2, 0.25) is 0 Å². The number of hydrogen-bond acceptors (Lipinski definition) is 2. The molecule has 0 fully saturated rings. The number of furan rings is 1. The molecule has 0 amide bonds. The van der Waals surface area contributed by atoms with Crippen molar-refractivity contribution in [3.8, 4) is 11.1 Å². The molecule has 0 spiro atoms. The first-order chi connectivity index (χ1) is 6.93. The van der Waals surface area contributed by atoms with Crippen LogP contribution in [-0.2, 0) is 0 Å². The molecule has 14 heavy (non-hydrogen) atoms. The topological polar surface area (TPSA) is 13.1 Å². The van der Waals surface area contributed by atoms with Gasteiger partial charge in [0.15, 0.2) is 0 Å².